The number of ketones is 2. The maximum absolute atomic E-state index is 13.0. The van der Waals surface area contributed by atoms with Crippen LogP contribution in [0.3, 0.4) is 0 Å². The first-order valence-corrected chi connectivity index (χ1v) is 5.81. The molecule has 0 spiro atoms. The van der Waals surface area contributed by atoms with Gasteiger partial charge >= 0.3 is 12.0 Å². The average Bonchev–Trinajstić information content (AvgIpc) is 2.43. The summed E-state index contributed by atoms with van der Waals surface area (Å²) in [5.41, 5.74) is 0.709. The first kappa shape index (κ1) is 14.1. The normalized spacial score (nSPS) is 18.0. The molecular formula is C13H11F2NO4. The Morgan fingerprint density at radius 3 is 2.25 bits per heavy atom. The molecule has 5 nitrogen and oxygen atoms in total. The molecule has 0 aromatic heterocycles. The number of alkyl halides is 2. The van der Waals surface area contributed by atoms with Gasteiger partial charge in [0.1, 0.15) is 6.61 Å². The highest BCUT2D eigenvalue weighted by atomic mass is 19.3. The Labute approximate surface area is 113 Å². The minimum atomic E-state index is -4.00. The van der Waals surface area contributed by atoms with Crippen molar-refractivity contribution in [3.63, 3.8) is 0 Å². The van der Waals surface area contributed by atoms with E-state index in [-0.39, 0.29) is 6.61 Å². The Hall–Kier alpha value is -2.31. The molecule has 1 aliphatic heterocycles. The number of benzene rings is 1. The molecule has 7 heteroatoms. The lowest BCUT2D eigenvalue weighted by molar-refractivity contribution is -0.162. The van der Waals surface area contributed by atoms with E-state index < -0.39 is 36.7 Å². The molecule has 1 aromatic rings. The number of rotatable bonds is 2. The molecule has 0 atom stereocenters. The number of hydrogen-bond donors (Lipinski definition) is 0. The van der Waals surface area contributed by atoms with Crippen molar-refractivity contribution in [2.75, 3.05) is 13.1 Å². The molecule has 106 valence electrons. The number of hydrogen-bond acceptors (Lipinski definition) is 4. The first-order valence-electron chi connectivity index (χ1n) is 5.81. The van der Waals surface area contributed by atoms with Gasteiger partial charge in [-0.15, -0.1) is 0 Å². The summed E-state index contributed by atoms with van der Waals surface area (Å²) in [6, 6.07) is 8.71. The zero-order chi connectivity index (χ0) is 14.8. The molecule has 0 unspecified atom stereocenters. The molecule has 0 saturated carbocycles. The van der Waals surface area contributed by atoms with Gasteiger partial charge < -0.3 is 4.74 Å². The van der Waals surface area contributed by atoms with Crippen LogP contribution in [0.15, 0.2) is 30.3 Å². The topological polar surface area (TPSA) is 63.7 Å². The molecule has 1 amide bonds. The average molecular weight is 283 g/mol. The lowest BCUT2D eigenvalue weighted by Gasteiger charge is -2.28. The third-order valence-electron chi connectivity index (χ3n) is 2.83. The van der Waals surface area contributed by atoms with Crippen LogP contribution in [-0.4, -0.2) is 41.6 Å². The van der Waals surface area contributed by atoms with Gasteiger partial charge in [-0.2, -0.15) is 8.78 Å². The molecule has 0 bridgehead atoms. The number of likely N-dealkylation sites (tertiary alicyclic amines) is 1. The highest BCUT2D eigenvalue weighted by Crippen LogP contribution is 2.22. The lowest BCUT2D eigenvalue weighted by atomic mass is 10.0. The summed E-state index contributed by atoms with van der Waals surface area (Å²) in [6.07, 6.45) is -0.967. The van der Waals surface area contributed by atoms with Crippen LogP contribution < -0.4 is 0 Å². The molecule has 1 fully saturated rings. The van der Waals surface area contributed by atoms with Crippen LogP contribution in [-0.2, 0) is 20.9 Å². The maximum atomic E-state index is 13.0. The number of Topliss-reactive ketones (excluding diaryl/α,β-unsaturated/α-hetero) is 2. The van der Waals surface area contributed by atoms with E-state index in [1.165, 1.54) is 0 Å². The van der Waals surface area contributed by atoms with Crippen molar-refractivity contribution in [3.8, 4) is 0 Å². The van der Waals surface area contributed by atoms with Gasteiger partial charge in [0.15, 0.2) is 0 Å². The fraction of sp³-hybridized carbons (Fsp3) is 0.308. The number of amides is 1. The molecular weight excluding hydrogens is 272 g/mol. The van der Waals surface area contributed by atoms with Crippen molar-refractivity contribution in [2.45, 2.75) is 12.5 Å². The Morgan fingerprint density at radius 2 is 1.70 bits per heavy atom. The van der Waals surface area contributed by atoms with Crippen LogP contribution in [0.1, 0.15) is 5.56 Å². The van der Waals surface area contributed by atoms with Crippen LogP contribution in [0.5, 0.6) is 0 Å². The summed E-state index contributed by atoms with van der Waals surface area (Å²) >= 11 is 0. The fourth-order valence-corrected chi connectivity index (χ4v) is 1.70. The van der Waals surface area contributed by atoms with E-state index in [4.69, 9.17) is 4.74 Å². The van der Waals surface area contributed by atoms with Crippen molar-refractivity contribution in [1.29, 1.82) is 0 Å². The Kier molecular flexibility index (Phi) is 3.78. The van der Waals surface area contributed by atoms with Gasteiger partial charge in [-0.05, 0) is 5.56 Å². The van der Waals surface area contributed by atoms with Gasteiger partial charge in [-0.1, -0.05) is 30.3 Å². The van der Waals surface area contributed by atoms with E-state index in [0.717, 1.165) is 0 Å². The first-order chi connectivity index (χ1) is 9.41. The predicted molar refractivity (Wildman–Crippen MR) is 63.2 cm³/mol. The van der Waals surface area contributed by atoms with Gasteiger partial charge in [0.25, 0.3) is 0 Å². The van der Waals surface area contributed by atoms with E-state index in [2.05, 4.69) is 0 Å². The largest absolute Gasteiger partial charge is 0.445 e. The molecule has 0 aliphatic carbocycles. The van der Waals surface area contributed by atoms with E-state index in [1.54, 1.807) is 30.3 Å². The Bertz CT molecular complexity index is 525. The SMILES string of the molecule is O=C(OCc1ccccc1)N1CC(=O)C(F)(F)C(=O)C1. The van der Waals surface area contributed by atoms with Crippen molar-refractivity contribution >= 4 is 17.7 Å². The third kappa shape index (κ3) is 2.81. The highest BCUT2D eigenvalue weighted by Gasteiger charge is 2.52. The number of carbonyl (C=O) groups is 3. The molecule has 20 heavy (non-hydrogen) atoms. The summed E-state index contributed by atoms with van der Waals surface area (Å²) in [6.45, 7) is -1.71. The van der Waals surface area contributed by atoms with Gasteiger partial charge in [0, 0.05) is 0 Å². The Balaban J connectivity index is 1.94. The second-order valence-corrected chi connectivity index (χ2v) is 4.32. The number of carbonyl (C=O) groups excluding carboxylic acids is 3. The van der Waals surface area contributed by atoms with Gasteiger partial charge in [0.2, 0.25) is 11.6 Å². The van der Waals surface area contributed by atoms with Crippen molar-refractivity contribution in [1.82, 2.24) is 4.90 Å². The molecule has 1 aliphatic rings. The van der Waals surface area contributed by atoms with Crippen LogP contribution >= 0.6 is 0 Å². The highest BCUT2D eigenvalue weighted by molar-refractivity contribution is 6.13. The van der Waals surface area contributed by atoms with E-state index >= 15 is 0 Å². The number of piperidine rings is 1. The smallest absolute Gasteiger partial charge is 0.410 e. The molecule has 0 N–H and O–H groups in total. The van der Waals surface area contributed by atoms with E-state index in [1.807, 2.05) is 0 Å². The number of halogens is 2. The van der Waals surface area contributed by atoms with Crippen molar-refractivity contribution in [3.05, 3.63) is 35.9 Å². The lowest BCUT2D eigenvalue weighted by Crippen LogP contribution is -2.56. The van der Waals surface area contributed by atoms with E-state index in [9.17, 15) is 23.2 Å². The molecule has 2 rings (SSSR count). The van der Waals surface area contributed by atoms with Crippen LogP contribution in [0.4, 0.5) is 13.6 Å². The van der Waals surface area contributed by atoms with Crippen LogP contribution in [0.25, 0.3) is 0 Å². The molecule has 1 heterocycles. The molecule has 1 saturated heterocycles. The van der Waals surface area contributed by atoms with Crippen molar-refractivity contribution in [2.24, 2.45) is 0 Å². The standard InChI is InChI=1S/C13H11F2NO4/c14-13(15)10(17)6-16(7-11(13)18)12(19)20-8-9-4-2-1-3-5-9/h1-5H,6-8H2. The minimum Gasteiger partial charge on any atom is -0.445 e. The predicted octanol–water partition coefficient (Wildman–Crippen LogP) is 1.41. The summed E-state index contributed by atoms with van der Waals surface area (Å²) in [7, 11) is 0. The minimum absolute atomic E-state index is 0.0606. The summed E-state index contributed by atoms with van der Waals surface area (Å²) in [5, 5.41) is 0. The monoisotopic (exact) mass is 283 g/mol. The zero-order valence-electron chi connectivity index (χ0n) is 10.3. The van der Waals surface area contributed by atoms with Gasteiger partial charge in [-0.25, -0.2) is 4.79 Å². The Morgan fingerprint density at radius 1 is 1.15 bits per heavy atom. The quantitative estimate of drug-likeness (QED) is 0.770. The zero-order valence-corrected chi connectivity index (χ0v) is 10.3. The molecule has 0 radical (unpaired) electrons. The molecule has 1 aromatic carbocycles. The summed E-state index contributed by atoms with van der Waals surface area (Å²) in [4.78, 5) is 34.5. The third-order valence-corrected chi connectivity index (χ3v) is 2.83. The summed E-state index contributed by atoms with van der Waals surface area (Å²) in [5.74, 6) is -7.19. The second-order valence-electron chi connectivity index (χ2n) is 4.32. The van der Waals surface area contributed by atoms with Crippen LogP contribution in [0.2, 0.25) is 0 Å². The number of ether oxygens (including phenoxy) is 1. The number of nitrogens with zero attached hydrogens (tertiary/aromatic N) is 1. The second kappa shape index (κ2) is 5.36. The maximum Gasteiger partial charge on any atom is 0.410 e. The van der Waals surface area contributed by atoms with E-state index in [0.29, 0.717) is 10.5 Å². The summed E-state index contributed by atoms with van der Waals surface area (Å²) < 4.78 is 30.9. The van der Waals surface area contributed by atoms with Crippen molar-refractivity contribution < 1.29 is 27.9 Å². The van der Waals surface area contributed by atoms with Gasteiger partial charge in [-0.3, -0.25) is 14.5 Å². The van der Waals surface area contributed by atoms with Crippen LogP contribution in [0, 0.1) is 0 Å². The fourth-order valence-electron chi connectivity index (χ4n) is 1.70. The van der Waals surface area contributed by atoms with Gasteiger partial charge in [0.05, 0.1) is 13.1 Å².